The number of carbonyl (C=O) groups is 1. The number of nitrogens with two attached hydrogens (primary N) is 1. The molecule has 2 aromatic rings. The molecule has 0 bridgehead atoms. The number of hydrogen-bond donors (Lipinski definition) is 2. The van der Waals surface area contributed by atoms with E-state index in [1.165, 1.54) is 11.3 Å². The number of anilines is 1. The van der Waals surface area contributed by atoms with Gasteiger partial charge in [0.1, 0.15) is 4.88 Å². The zero-order chi connectivity index (χ0) is 14.3. The number of hydrogen-bond acceptors (Lipinski definition) is 4. The van der Waals surface area contributed by atoms with Gasteiger partial charge in [-0.2, -0.15) is 0 Å². The molecule has 1 fully saturated rings. The van der Waals surface area contributed by atoms with Crippen molar-refractivity contribution in [2.24, 2.45) is 0 Å². The molecule has 3 rings (SSSR count). The van der Waals surface area contributed by atoms with Crippen molar-refractivity contribution in [2.75, 3.05) is 18.9 Å². The van der Waals surface area contributed by atoms with Crippen molar-refractivity contribution in [3.63, 3.8) is 0 Å². The summed E-state index contributed by atoms with van der Waals surface area (Å²) in [5.41, 5.74) is 6.27. The SMILES string of the molecule is CC1(NC(=O)c2sc3ccc(Cl)cc3c2N)CCOC1. The van der Waals surface area contributed by atoms with Gasteiger partial charge in [0, 0.05) is 21.7 Å². The Balaban J connectivity index is 1.93. The number of rotatable bonds is 2. The lowest BCUT2D eigenvalue weighted by molar-refractivity contribution is 0.0895. The van der Waals surface area contributed by atoms with Crippen LogP contribution in [0.15, 0.2) is 18.2 Å². The monoisotopic (exact) mass is 310 g/mol. The predicted octanol–water partition coefficient (Wildman–Crippen LogP) is 3.05. The molecule has 1 atom stereocenters. The smallest absolute Gasteiger partial charge is 0.264 e. The van der Waals surface area contributed by atoms with Crippen LogP contribution in [0.25, 0.3) is 10.1 Å². The molecule has 1 aliphatic rings. The number of amides is 1. The Labute approximate surface area is 125 Å². The van der Waals surface area contributed by atoms with E-state index < -0.39 is 0 Å². The van der Waals surface area contributed by atoms with Gasteiger partial charge in [-0.3, -0.25) is 4.79 Å². The van der Waals surface area contributed by atoms with Crippen molar-refractivity contribution < 1.29 is 9.53 Å². The Morgan fingerprint density at radius 3 is 3.05 bits per heavy atom. The molecular formula is C14H15ClN2O2S. The molecule has 4 nitrogen and oxygen atoms in total. The molecule has 0 aliphatic carbocycles. The summed E-state index contributed by atoms with van der Waals surface area (Å²) < 4.78 is 6.30. The van der Waals surface area contributed by atoms with Crippen LogP contribution in [0.2, 0.25) is 5.02 Å². The molecule has 106 valence electrons. The van der Waals surface area contributed by atoms with Gasteiger partial charge < -0.3 is 15.8 Å². The van der Waals surface area contributed by atoms with E-state index in [1.54, 1.807) is 12.1 Å². The third kappa shape index (κ3) is 2.37. The molecule has 20 heavy (non-hydrogen) atoms. The van der Waals surface area contributed by atoms with Crippen molar-refractivity contribution in [1.82, 2.24) is 5.32 Å². The predicted molar refractivity (Wildman–Crippen MR) is 82.6 cm³/mol. The van der Waals surface area contributed by atoms with Crippen LogP contribution in [0.3, 0.4) is 0 Å². The Hall–Kier alpha value is -1.30. The Kier molecular flexibility index (Phi) is 3.36. The maximum absolute atomic E-state index is 12.4. The van der Waals surface area contributed by atoms with Gasteiger partial charge in [-0.25, -0.2) is 0 Å². The van der Waals surface area contributed by atoms with Gasteiger partial charge in [-0.1, -0.05) is 11.6 Å². The van der Waals surface area contributed by atoms with Gasteiger partial charge in [0.25, 0.3) is 5.91 Å². The summed E-state index contributed by atoms with van der Waals surface area (Å²) >= 11 is 7.36. The third-order valence-corrected chi connectivity index (χ3v) is 4.95. The largest absolute Gasteiger partial charge is 0.397 e. The average molecular weight is 311 g/mol. The number of nitrogens with one attached hydrogen (secondary N) is 1. The topological polar surface area (TPSA) is 64.4 Å². The van der Waals surface area contributed by atoms with Gasteiger partial charge in [0.2, 0.25) is 0 Å². The van der Waals surface area contributed by atoms with Gasteiger partial charge in [-0.15, -0.1) is 11.3 Å². The number of benzene rings is 1. The number of halogens is 1. The molecular weight excluding hydrogens is 296 g/mol. The van der Waals surface area contributed by atoms with Gasteiger partial charge in [0.05, 0.1) is 17.8 Å². The first-order valence-electron chi connectivity index (χ1n) is 6.36. The number of fused-ring (bicyclic) bond motifs is 1. The highest BCUT2D eigenvalue weighted by Crippen LogP contribution is 2.35. The summed E-state index contributed by atoms with van der Waals surface area (Å²) in [4.78, 5) is 12.9. The minimum atomic E-state index is -0.308. The minimum Gasteiger partial charge on any atom is -0.397 e. The van der Waals surface area contributed by atoms with Crippen LogP contribution in [-0.2, 0) is 4.74 Å². The van der Waals surface area contributed by atoms with Crippen molar-refractivity contribution >= 4 is 44.6 Å². The van der Waals surface area contributed by atoms with Crippen LogP contribution < -0.4 is 11.1 Å². The average Bonchev–Trinajstić information content (AvgIpc) is 2.95. The van der Waals surface area contributed by atoms with Crippen LogP contribution in [0.4, 0.5) is 5.69 Å². The Bertz CT molecular complexity index is 677. The highest BCUT2D eigenvalue weighted by Gasteiger charge is 2.32. The number of carbonyl (C=O) groups excluding carboxylic acids is 1. The van der Waals surface area contributed by atoms with Crippen LogP contribution in [0.1, 0.15) is 23.0 Å². The minimum absolute atomic E-state index is 0.146. The fraction of sp³-hybridized carbons (Fsp3) is 0.357. The zero-order valence-electron chi connectivity index (χ0n) is 11.0. The molecule has 0 spiro atoms. The molecule has 0 saturated carbocycles. The second-order valence-corrected chi connectivity index (χ2v) is 6.79. The highest BCUT2D eigenvalue weighted by molar-refractivity contribution is 7.21. The fourth-order valence-electron chi connectivity index (χ4n) is 2.35. The first-order chi connectivity index (χ1) is 9.48. The van der Waals surface area contributed by atoms with Crippen molar-refractivity contribution in [3.8, 4) is 0 Å². The molecule has 1 saturated heterocycles. The van der Waals surface area contributed by atoms with E-state index in [1.807, 2.05) is 13.0 Å². The molecule has 1 aromatic carbocycles. The molecule has 1 aliphatic heterocycles. The fourth-order valence-corrected chi connectivity index (χ4v) is 3.52. The molecule has 6 heteroatoms. The Morgan fingerprint density at radius 1 is 1.55 bits per heavy atom. The summed E-state index contributed by atoms with van der Waals surface area (Å²) in [6, 6.07) is 5.48. The van der Waals surface area contributed by atoms with Crippen LogP contribution in [0.5, 0.6) is 0 Å². The zero-order valence-corrected chi connectivity index (χ0v) is 12.6. The number of nitrogen functional groups attached to an aromatic ring is 1. The highest BCUT2D eigenvalue weighted by atomic mass is 35.5. The van der Waals surface area contributed by atoms with Gasteiger partial charge >= 0.3 is 0 Å². The Morgan fingerprint density at radius 2 is 2.35 bits per heavy atom. The first-order valence-corrected chi connectivity index (χ1v) is 7.56. The lowest BCUT2D eigenvalue weighted by Crippen LogP contribution is -2.46. The second-order valence-electron chi connectivity index (χ2n) is 5.30. The number of ether oxygens (including phenoxy) is 1. The first kappa shape index (κ1) is 13.7. The van der Waals surface area contributed by atoms with Crippen LogP contribution in [-0.4, -0.2) is 24.7 Å². The normalized spacial score (nSPS) is 22.3. The molecule has 1 aromatic heterocycles. The summed E-state index contributed by atoms with van der Waals surface area (Å²) in [7, 11) is 0. The molecule has 0 radical (unpaired) electrons. The van der Waals surface area contributed by atoms with E-state index in [0.717, 1.165) is 16.5 Å². The number of thiophene rings is 1. The van der Waals surface area contributed by atoms with E-state index in [4.69, 9.17) is 22.1 Å². The molecule has 1 amide bonds. The standard InChI is InChI=1S/C14H15ClN2O2S/c1-14(4-5-19-7-14)17-13(18)12-11(16)9-6-8(15)2-3-10(9)20-12/h2-3,6H,4-5,7,16H2,1H3,(H,17,18). The van der Waals surface area contributed by atoms with Crippen molar-refractivity contribution in [2.45, 2.75) is 18.9 Å². The summed E-state index contributed by atoms with van der Waals surface area (Å²) in [5, 5.41) is 4.47. The van der Waals surface area contributed by atoms with Crippen molar-refractivity contribution in [1.29, 1.82) is 0 Å². The summed E-state index contributed by atoms with van der Waals surface area (Å²) in [6.07, 6.45) is 0.815. The van der Waals surface area contributed by atoms with E-state index in [-0.39, 0.29) is 11.4 Å². The van der Waals surface area contributed by atoms with Gasteiger partial charge in [0.15, 0.2) is 0 Å². The maximum atomic E-state index is 12.4. The lowest BCUT2D eigenvalue weighted by Gasteiger charge is -2.23. The van der Waals surface area contributed by atoms with E-state index in [0.29, 0.717) is 28.8 Å². The molecule has 2 heterocycles. The second kappa shape index (κ2) is 4.91. The van der Waals surface area contributed by atoms with Crippen LogP contribution in [0, 0.1) is 0 Å². The summed E-state index contributed by atoms with van der Waals surface area (Å²) in [6.45, 7) is 3.20. The van der Waals surface area contributed by atoms with E-state index >= 15 is 0 Å². The van der Waals surface area contributed by atoms with E-state index in [9.17, 15) is 4.79 Å². The van der Waals surface area contributed by atoms with E-state index in [2.05, 4.69) is 5.32 Å². The molecule has 1 unspecified atom stereocenters. The van der Waals surface area contributed by atoms with Gasteiger partial charge in [-0.05, 0) is 31.5 Å². The molecule has 3 N–H and O–H groups in total. The quantitative estimate of drug-likeness (QED) is 0.896. The maximum Gasteiger partial charge on any atom is 0.264 e. The summed E-state index contributed by atoms with van der Waals surface area (Å²) in [5.74, 6) is -0.146. The van der Waals surface area contributed by atoms with Crippen LogP contribution >= 0.6 is 22.9 Å². The lowest BCUT2D eigenvalue weighted by atomic mass is 10.0. The van der Waals surface area contributed by atoms with Crippen molar-refractivity contribution in [3.05, 3.63) is 28.1 Å². The third-order valence-electron chi connectivity index (χ3n) is 3.53.